The Kier molecular flexibility index (Phi) is 1.88. The Balaban J connectivity index is 1.93. The first-order valence-electron chi connectivity index (χ1n) is 4.02. The molecule has 2 fully saturated rings. The third kappa shape index (κ3) is 1.17. The molecule has 0 aromatic heterocycles. The van der Waals surface area contributed by atoms with E-state index in [4.69, 9.17) is 4.74 Å². The molecule has 58 valence electrons. The summed E-state index contributed by atoms with van der Waals surface area (Å²) in [5.41, 5.74) is 0. The van der Waals surface area contributed by atoms with E-state index < -0.39 is 0 Å². The Hall–Kier alpha value is -0.120. The van der Waals surface area contributed by atoms with Crippen LogP contribution in [0.1, 0.15) is 6.42 Å². The van der Waals surface area contributed by atoms with Crippen LogP contribution in [0.15, 0.2) is 0 Å². The summed E-state index contributed by atoms with van der Waals surface area (Å²) in [6.45, 7) is 4.09. The number of rotatable bonds is 0. The smallest absolute Gasteiger partial charge is 0.0753 e. The molecule has 0 aliphatic carbocycles. The number of hydrogen-bond acceptors (Lipinski definition) is 3. The highest BCUT2D eigenvalue weighted by molar-refractivity contribution is 4.86. The van der Waals surface area contributed by atoms with Crippen molar-refractivity contribution in [2.75, 3.05) is 26.2 Å². The second-order valence-corrected chi connectivity index (χ2v) is 2.96. The SMILES string of the molecule is C1C[C@@H]2OCCN[C@H]2CN1. The molecule has 2 rings (SSSR count). The van der Waals surface area contributed by atoms with Crippen LogP contribution in [0.25, 0.3) is 0 Å². The third-order valence-corrected chi connectivity index (χ3v) is 2.26. The molecule has 2 aliphatic heterocycles. The lowest BCUT2D eigenvalue weighted by Crippen LogP contribution is -2.57. The first kappa shape index (κ1) is 6.58. The summed E-state index contributed by atoms with van der Waals surface area (Å²) in [6.07, 6.45) is 1.65. The van der Waals surface area contributed by atoms with E-state index in [0.29, 0.717) is 12.1 Å². The molecule has 3 nitrogen and oxygen atoms in total. The number of piperidine rings is 1. The number of fused-ring (bicyclic) bond motifs is 1. The zero-order valence-corrected chi connectivity index (χ0v) is 6.10. The highest BCUT2D eigenvalue weighted by Gasteiger charge is 2.27. The van der Waals surface area contributed by atoms with Gasteiger partial charge in [0.1, 0.15) is 0 Å². The van der Waals surface area contributed by atoms with Crippen LogP contribution in [0.5, 0.6) is 0 Å². The molecule has 3 heteroatoms. The predicted octanol–water partition coefficient (Wildman–Crippen LogP) is -0.663. The third-order valence-electron chi connectivity index (χ3n) is 2.26. The molecule has 10 heavy (non-hydrogen) atoms. The molecule has 0 aromatic rings. The van der Waals surface area contributed by atoms with E-state index in [1.807, 2.05) is 0 Å². The fourth-order valence-electron chi connectivity index (χ4n) is 1.69. The van der Waals surface area contributed by atoms with Crippen molar-refractivity contribution in [1.82, 2.24) is 10.6 Å². The summed E-state index contributed by atoms with van der Waals surface area (Å²) in [5.74, 6) is 0. The fourth-order valence-corrected chi connectivity index (χ4v) is 1.69. The second-order valence-electron chi connectivity index (χ2n) is 2.96. The summed E-state index contributed by atoms with van der Waals surface area (Å²) >= 11 is 0. The van der Waals surface area contributed by atoms with Crippen LogP contribution in [0, 0.1) is 0 Å². The number of nitrogens with one attached hydrogen (secondary N) is 2. The number of ether oxygens (including phenoxy) is 1. The first-order chi connectivity index (χ1) is 4.97. The van der Waals surface area contributed by atoms with Gasteiger partial charge in [-0.1, -0.05) is 0 Å². The van der Waals surface area contributed by atoms with Crippen molar-refractivity contribution in [2.45, 2.75) is 18.6 Å². The molecule has 0 amide bonds. The van der Waals surface area contributed by atoms with Gasteiger partial charge in [0.15, 0.2) is 0 Å². The normalized spacial score (nSPS) is 40.8. The predicted molar refractivity (Wildman–Crippen MR) is 39.0 cm³/mol. The Morgan fingerprint density at radius 1 is 1.30 bits per heavy atom. The van der Waals surface area contributed by atoms with E-state index in [2.05, 4.69) is 10.6 Å². The summed E-state index contributed by atoms with van der Waals surface area (Å²) in [6, 6.07) is 0.572. The van der Waals surface area contributed by atoms with Crippen LogP contribution in [-0.2, 0) is 4.74 Å². The lowest BCUT2D eigenvalue weighted by atomic mass is 10.0. The summed E-state index contributed by atoms with van der Waals surface area (Å²) in [7, 11) is 0. The van der Waals surface area contributed by atoms with Crippen molar-refractivity contribution in [2.24, 2.45) is 0 Å². The second kappa shape index (κ2) is 2.86. The molecular weight excluding hydrogens is 128 g/mol. The van der Waals surface area contributed by atoms with E-state index in [1.165, 1.54) is 0 Å². The minimum atomic E-state index is 0.481. The molecule has 2 saturated heterocycles. The summed E-state index contributed by atoms with van der Waals surface area (Å²) in [5, 5.41) is 6.77. The van der Waals surface area contributed by atoms with Crippen molar-refractivity contribution in [1.29, 1.82) is 0 Å². The minimum Gasteiger partial charge on any atom is -0.375 e. The standard InChI is InChI=1S/C7H14N2O/c1-2-8-5-6-7(1)10-4-3-9-6/h6-9H,1-5H2/t6-,7-/m0/s1. The van der Waals surface area contributed by atoms with Gasteiger partial charge in [-0.15, -0.1) is 0 Å². The summed E-state index contributed by atoms with van der Waals surface area (Å²) < 4.78 is 5.58. The van der Waals surface area contributed by atoms with E-state index >= 15 is 0 Å². The van der Waals surface area contributed by atoms with Gasteiger partial charge in [-0.25, -0.2) is 0 Å². The zero-order chi connectivity index (χ0) is 6.81. The quantitative estimate of drug-likeness (QED) is 0.471. The van der Waals surface area contributed by atoms with Crippen LogP contribution in [-0.4, -0.2) is 38.4 Å². The van der Waals surface area contributed by atoms with Gasteiger partial charge < -0.3 is 15.4 Å². The van der Waals surface area contributed by atoms with E-state index in [9.17, 15) is 0 Å². The van der Waals surface area contributed by atoms with Gasteiger partial charge in [0.2, 0.25) is 0 Å². The lowest BCUT2D eigenvalue weighted by Gasteiger charge is -2.36. The van der Waals surface area contributed by atoms with Gasteiger partial charge >= 0.3 is 0 Å². The molecule has 0 spiro atoms. The van der Waals surface area contributed by atoms with Crippen LogP contribution in [0.4, 0.5) is 0 Å². The molecular formula is C7H14N2O. The van der Waals surface area contributed by atoms with Gasteiger partial charge in [0.05, 0.1) is 12.7 Å². The van der Waals surface area contributed by atoms with Crippen LogP contribution in [0.2, 0.25) is 0 Å². The fraction of sp³-hybridized carbons (Fsp3) is 1.00. The molecule has 0 radical (unpaired) electrons. The van der Waals surface area contributed by atoms with E-state index in [-0.39, 0.29) is 0 Å². The largest absolute Gasteiger partial charge is 0.375 e. The first-order valence-corrected chi connectivity index (χ1v) is 4.02. The van der Waals surface area contributed by atoms with Gasteiger partial charge in [-0.2, -0.15) is 0 Å². The maximum Gasteiger partial charge on any atom is 0.0753 e. The molecule has 2 heterocycles. The van der Waals surface area contributed by atoms with Gasteiger partial charge in [-0.3, -0.25) is 0 Å². The van der Waals surface area contributed by atoms with Crippen molar-refractivity contribution < 1.29 is 4.74 Å². The maximum atomic E-state index is 5.58. The van der Waals surface area contributed by atoms with Crippen molar-refractivity contribution in [3.05, 3.63) is 0 Å². The Labute approximate surface area is 61.1 Å². The molecule has 0 saturated carbocycles. The van der Waals surface area contributed by atoms with Gasteiger partial charge in [-0.05, 0) is 13.0 Å². The zero-order valence-electron chi connectivity index (χ0n) is 6.10. The molecule has 2 N–H and O–H groups in total. The molecule has 0 unspecified atom stereocenters. The highest BCUT2D eigenvalue weighted by atomic mass is 16.5. The molecule has 2 aliphatic rings. The van der Waals surface area contributed by atoms with E-state index in [0.717, 1.165) is 32.7 Å². The Bertz CT molecular complexity index is 92.2. The van der Waals surface area contributed by atoms with Crippen LogP contribution in [0.3, 0.4) is 0 Å². The molecule has 0 bridgehead atoms. The van der Waals surface area contributed by atoms with Crippen LogP contribution < -0.4 is 10.6 Å². The van der Waals surface area contributed by atoms with Crippen molar-refractivity contribution in [3.63, 3.8) is 0 Å². The minimum absolute atomic E-state index is 0.481. The maximum absolute atomic E-state index is 5.58. The van der Waals surface area contributed by atoms with Gasteiger partial charge in [0, 0.05) is 19.1 Å². The average molecular weight is 142 g/mol. The summed E-state index contributed by atoms with van der Waals surface area (Å²) in [4.78, 5) is 0. The van der Waals surface area contributed by atoms with E-state index in [1.54, 1.807) is 0 Å². The monoisotopic (exact) mass is 142 g/mol. The van der Waals surface area contributed by atoms with Crippen LogP contribution >= 0.6 is 0 Å². The highest BCUT2D eigenvalue weighted by Crippen LogP contribution is 2.10. The van der Waals surface area contributed by atoms with Gasteiger partial charge in [0.25, 0.3) is 0 Å². The van der Waals surface area contributed by atoms with Crippen molar-refractivity contribution >= 4 is 0 Å². The lowest BCUT2D eigenvalue weighted by molar-refractivity contribution is -0.0180. The Morgan fingerprint density at radius 2 is 2.30 bits per heavy atom. The van der Waals surface area contributed by atoms with Crippen molar-refractivity contribution in [3.8, 4) is 0 Å². The Morgan fingerprint density at radius 3 is 3.20 bits per heavy atom. The molecule has 0 aromatic carbocycles. The number of morpholine rings is 1. The topological polar surface area (TPSA) is 33.3 Å². The number of hydrogen-bond donors (Lipinski definition) is 2. The average Bonchev–Trinajstić information content (AvgIpc) is 2.05. The molecule has 2 atom stereocenters.